The van der Waals surface area contributed by atoms with E-state index in [4.69, 9.17) is 0 Å². The molecule has 1 aromatic carbocycles. The first-order valence-electron chi connectivity index (χ1n) is 8.76. The first-order valence-corrected chi connectivity index (χ1v) is 8.76. The molecule has 5 atom stereocenters. The highest BCUT2D eigenvalue weighted by Crippen LogP contribution is 2.52. The number of benzene rings is 1. The van der Waals surface area contributed by atoms with Crippen molar-refractivity contribution in [2.75, 3.05) is 0 Å². The topological polar surface area (TPSA) is 66.4 Å². The van der Waals surface area contributed by atoms with Crippen LogP contribution in [-0.4, -0.2) is 17.0 Å². The summed E-state index contributed by atoms with van der Waals surface area (Å²) < 4.78 is 0. The summed E-state index contributed by atoms with van der Waals surface area (Å²) in [5.74, 6) is -1.17. The van der Waals surface area contributed by atoms with Crippen LogP contribution in [0, 0.1) is 23.7 Å². The average Bonchev–Trinajstić information content (AvgIpc) is 3.16. The van der Waals surface area contributed by atoms with Gasteiger partial charge in [0.2, 0.25) is 5.91 Å². The van der Waals surface area contributed by atoms with Crippen molar-refractivity contribution in [2.24, 2.45) is 23.7 Å². The number of hydrogen-bond donors (Lipinski definition) is 2. The predicted molar refractivity (Wildman–Crippen MR) is 85.7 cm³/mol. The summed E-state index contributed by atoms with van der Waals surface area (Å²) in [5, 5.41) is 12.7. The van der Waals surface area contributed by atoms with E-state index >= 15 is 0 Å². The van der Waals surface area contributed by atoms with E-state index in [1.165, 1.54) is 11.1 Å². The molecular formula is C19H23NO3. The van der Waals surface area contributed by atoms with Gasteiger partial charge in [0, 0.05) is 0 Å². The molecule has 0 saturated heterocycles. The zero-order chi connectivity index (χ0) is 16.0. The molecule has 23 heavy (non-hydrogen) atoms. The van der Waals surface area contributed by atoms with Crippen molar-refractivity contribution in [1.29, 1.82) is 0 Å². The maximum atomic E-state index is 12.9. The standard InChI is InChI=1S/C19H23NO3/c21-18(16-12-8-9-13(10-12)17(16)19(22)23)20-15-7-3-5-11-4-1-2-6-14(11)15/h1-2,4,6,12-13,15-17H,3,5,7-10H2,(H,20,21)(H,22,23)/t12-,13+,15+,16+,17+/m1/s1. The van der Waals surface area contributed by atoms with Gasteiger partial charge < -0.3 is 10.4 Å². The van der Waals surface area contributed by atoms with Gasteiger partial charge in [0.15, 0.2) is 0 Å². The second kappa shape index (κ2) is 5.66. The number of fused-ring (bicyclic) bond motifs is 3. The lowest BCUT2D eigenvalue weighted by atomic mass is 9.78. The molecule has 2 N–H and O–H groups in total. The summed E-state index contributed by atoms with van der Waals surface area (Å²) in [5.41, 5.74) is 2.52. The van der Waals surface area contributed by atoms with Crippen LogP contribution in [0.2, 0.25) is 0 Å². The second-order valence-electron chi connectivity index (χ2n) is 7.38. The fraction of sp³-hybridized carbons (Fsp3) is 0.579. The highest BCUT2D eigenvalue weighted by atomic mass is 16.4. The lowest BCUT2D eigenvalue weighted by Gasteiger charge is -2.31. The van der Waals surface area contributed by atoms with Crippen LogP contribution in [0.3, 0.4) is 0 Å². The zero-order valence-corrected chi connectivity index (χ0v) is 13.2. The van der Waals surface area contributed by atoms with E-state index in [2.05, 4.69) is 17.4 Å². The largest absolute Gasteiger partial charge is 0.481 e. The number of carboxylic acid groups (broad SMARTS) is 1. The van der Waals surface area contributed by atoms with Crippen LogP contribution in [0.15, 0.2) is 24.3 Å². The lowest BCUT2D eigenvalue weighted by molar-refractivity contribution is -0.149. The lowest BCUT2D eigenvalue weighted by Crippen LogP contribution is -2.43. The van der Waals surface area contributed by atoms with Crippen molar-refractivity contribution in [3.63, 3.8) is 0 Å². The Balaban J connectivity index is 1.54. The van der Waals surface area contributed by atoms with E-state index in [1.54, 1.807) is 0 Å². The molecule has 4 rings (SSSR count). The first kappa shape index (κ1) is 14.7. The minimum atomic E-state index is -0.790. The monoisotopic (exact) mass is 313 g/mol. The molecule has 3 aliphatic carbocycles. The van der Waals surface area contributed by atoms with Crippen LogP contribution in [0.5, 0.6) is 0 Å². The third-order valence-corrected chi connectivity index (χ3v) is 6.19. The number of aryl methyl sites for hydroxylation is 1. The van der Waals surface area contributed by atoms with Gasteiger partial charge in [0.25, 0.3) is 0 Å². The zero-order valence-electron chi connectivity index (χ0n) is 13.2. The molecule has 4 nitrogen and oxygen atoms in total. The quantitative estimate of drug-likeness (QED) is 0.901. The van der Waals surface area contributed by atoms with E-state index in [-0.39, 0.29) is 29.7 Å². The van der Waals surface area contributed by atoms with Crippen LogP contribution in [-0.2, 0) is 16.0 Å². The Morgan fingerprint density at radius 3 is 2.57 bits per heavy atom. The molecule has 0 unspecified atom stereocenters. The van der Waals surface area contributed by atoms with Gasteiger partial charge in [-0.2, -0.15) is 0 Å². The van der Waals surface area contributed by atoms with Crippen molar-refractivity contribution >= 4 is 11.9 Å². The SMILES string of the molecule is O=C(O)[C@H]1[C@H]2CC[C@H](C2)[C@@H]1C(=O)N[C@H]1CCCc2ccccc21. The van der Waals surface area contributed by atoms with Crippen molar-refractivity contribution < 1.29 is 14.7 Å². The molecule has 0 aromatic heterocycles. The Labute approximate surface area is 136 Å². The van der Waals surface area contributed by atoms with Crippen LogP contribution >= 0.6 is 0 Å². The van der Waals surface area contributed by atoms with Crippen LogP contribution in [0.1, 0.15) is 49.3 Å². The van der Waals surface area contributed by atoms with Crippen molar-refractivity contribution in [3.8, 4) is 0 Å². The Bertz CT molecular complexity index is 641. The highest BCUT2D eigenvalue weighted by Gasteiger charge is 2.54. The number of amides is 1. The van der Waals surface area contributed by atoms with Gasteiger partial charge in [0.05, 0.1) is 17.9 Å². The van der Waals surface area contributed by atoms with Crippen LogP contribution in [0.4, 0.5) is 0 Å². The third-order valence-electron chi connectivity index (χ3n) is 6.19. The summed E-state index contributed by atoms with van der Waals surface area (Å²) in [4.78, 5) is 24.5. The molecule has 3 aliphatic rings. The van der Waals surface area contributed by atoms with Crippen LogP contribution < -0.4 is 5.32 Å². The van der Waals surface area contributed by atoms with Gasteiger partial charge in [-0.25, -0.2) is 0 Å². The fourth-order valence-corrected chi connectivity index (χ4v) is 5.20. The van der Waals surface area contributed by atoms with Crippen molar-refractivity contribution in [1.82, 2.24) is 5.32 Å². The summed E-state index contributed by atoms with van der Waals surface area (Å²) in [6, 6.07) is 8.32. The Morgan fingerprint density at radius 1 is 1.04 bits per heavy atom. The maximum Gasteiger partial charge on any atom is 0.307 e. The summed E-state index contributed by atoms with van der Waals surface area (Å²) in [6.45, 7) is 0. The summed E-state index contributed by atoms with van der Waals surface area (Å²) in [7, 11) is 0. The minimum Gasteiger partial charge on any atom is -0.481 e. The minimum absolute atomic E-state index is 0.0358. The molecule has 2 bridgehead atoms. The normalized spacial score (nSPS) is 34.9. The molecule has 0 spiro atoms. The molecule has 2 fully saturated rings. The Hall–Kier alpha value is -1.84. The Morgan fingerprint density at radius 2 is 1.78 bits per heavy atom. The van der Waals surface area contributed by atoms with Crippen LogP contribution in [0.25, 0.3) is 0 Å². The number of carbonyl (C=O) groups excluding carboxylic acids is 1. The van der Waals surface area contributed by atoms with Crippen molar-refractivity contribution in [2.45, 2.75) is 44.6 Å². The van der Waals surface area contributed by atoms with E-state index < -0.39 is 11.9 Å². The second-order valence-corrected chi connectivity index (χ2v) is 7.38. The highest BCUT2D eigenvalue weighted by molar-refractivity contribution is 5.86. The molecule has 122 valence electrons. The molecule has 0 radical (unpaired) electrons. The summed E-state index contributed by atoms with van der Waals surface area (Å²) >= 11 is 0. The molecule has 1 amide bonds. The third kappa shape index (κ3) is 2.44. The number of hydrogen-bond acceptors (Lipinski definition) is 2. The van der Waals surface area contributed by atoms with Gasteiger partial charge >= 0.3 is 5.97 Å². The maximum absolute atomic E-state index is 12.9. The number of aliphatic carboxylic acids is 1. The number of carbonyl (C=O) groups is 2. The molecule has 1 aromatic rings. The van der Waals surface area contributed by atoms with E-state index in [1.807, 2.05) is 12.1 Å². The van der Waals surface area contributed by atoms with Crippen molar-refractivity contribution in [3.05, 3.63) is 35.4 Å². The number of rotatable bonds is 3. The number of carboxylic acids is 1. The summed E-state index contributed by atoms with van der Waals surface area (Å²) in [6.07, 6.45) is 5.97. The predicted octanol–water partition coefficient (Wildman–Crippen LogP) is 2.93. The molecule has 0 heterocycles. The smallest absolute Gasteiger partial charge is 0.307 e. The van der Waals surface area contributed by atoms with Gasteiger partial charge in [0.1, 0.15) is 0 Å². The van der Waals surface area contributed by atoms with Gasteiger partial charge in [-0.05, 0) is 61.5 Å². The fourth-order valence-electron chi connectivity index (χ4n) is 5.20. The van der Waals surface area contributed by atoms with Gasteiger partial charge in [-0.15, -0.1) is 0 Å². The molecule has 4 heteroatoms. The first-order chi connectivity index (χ1) is 11.1. The average molecular weight is 313 g/mol. The number of nitrogens with one attached hydrogen (secondary N) is 1. The Kier molecular flexibility index (Phi) is 3.63. The van der Waals surface area contributed by atoms with Gasteiger partial charge in [-0.3, -0.25) is 9.59 Å². The van der Waals surface area contributed by atoms with E-state index in [0.717, 1.165) is 38.5 Å². The van der Waals surface area contributed by atoms with Gasteiger partial charge in [-0.1, -0.05) is 24.3 Å². The molecule has 0 aliphatic heterocycles. The van der Waals surface area contributed by atoms with E-state index in [9.17, 15) is 14.7 Å². The molecule has 2 saturated carbocycles. The van der Waals surface area contributed by atoms with E-state index in [0.29, 0.717) is 0 Å². The molecular weight excluding hydrogens is 290 g/mol.